The van der Waals surface area contributed by atoms with Gasteiger partial charge in [0.25, 0.3) is 5.91 Å². The molecule has 2 atom stereocenters. The average molecular weight is 1010 g/mol. The number of aromatic carboxylic acids is 1. The first-order valence-electron chi connectivity index (χ1n) is 26.2. The molecule has 16 heteroatoms. The van der Waals surface area contributed by atoms with Crippen LogP contribution in [-0.2, 0) is 29.6 Å². The number of pyridine rings is 1. The van der Waals surface area contributed by atoms with E-state index >= 15 is 0 Å². The van der Waals surface area contributed by atoms with Gasteiger partial charge in [0, 0.05) is 81.5 Å². The molecule has 2 saturated heterocycles. The molecular formula is C58H63N9O6S. The predicted octanol–water partition coefficient (Wildman–Crippen LogP) is 9.76. The lowest BCUT2D eigenvalue weighted by molar-refractivity contribution is -0.134. The van der Waals surface area contributed by atoms with Crippen LogP contribution in [0.5, 0.6) is 5.75 Å². The fourth-order valence-corrected chi connectivity index (χ4v) is 12.6. The summed E-state index contributed by atoms with van der Waals surface area (Å²) in [5, 5.41) is 22.3. The molecular weight excluding hydrogens is 951 g/mol. The highest BCUT2D eigenvalue weighted by Crippen LogP contribution is 2.38. The van der Waals surface area contributed by atoms with Crippen molar-refractivity contribution in [3.63, 3.8) is 0 Å². The number of hydrogen-bond donors (Lipinski definition) is 3. The lowest BCUT2D eigenvalue weighted by Crippen LogP contribution is -2.47. The fourth-order valence-electron chi connectivity index (χ4n) is 11.8. The summed E-state index contributed by atoms with van der Waals surface area (Å²) in [6, 6.07) is 29.6. The van der Waals surface area contributed by atoms with Gasteiger partial charge in [-0.15, -0.1) is 0 Å². The monoisotopic (exact) mass is 1010 g/mol. The van der Waals surface area contributed by atoms with Gasteiger partial charge in [0.05, 0.1) is 33.4 Å². The minimum absolute atomic E-state index is 0.0176. The molecule has 0 spiro atoms. The zero-order chi connectivity index (χ0) is 51.0. The van der Waals surface area contributed by atoms with Crippen molar-refractivity contribution < 1.29 is 29.0 Å². The predicted molar refractivity (Wildman–Crippen MR) is 289 cm³/mol. The molecule has 3 fully saturated rings. The second-order valence-corrected chi connectivity index (χ2v) is 21.8. The molecule has 3 N–H and O–H groups in total. The van der Waals surface area contributed by atoms with Gasteiger partial charge in [0.2, 0.25) is 11.8 Å². The number of benzene rings is 4. The first kappa shape index (κ1) is 49.1. The standard InChI is InChI=1S/C58H63N9O6S/c1-35(33-65-28-30-66(31-29-65)39-18-21-44-48(32-39)64(3)63-53(44)45-23-25-52(68)61-56(45)70)14-15-37-16-19-40(20-17-37)73-49-12-7-9-41(36(49)2)42-22-24-51(60-54(42)57(71)72)67-27-26-38-8-6-10-43(46(38)34-67)55(69)62-58-59-47-11-4-5-13-50(47)74-58/h4-13,18,21-22,24,32,35,37,40,45H,14-17,19-20,23,25-31,33-34H2,1-3H3,(H,71,72)(H,59,62,69)(H,61,68,70)/t35-,37-,40-,45?/m0/s1. The van der Waals surface area contributed by atoms with E-state index in [0.717, 1.165) is 113 Å². The van der Waals surface area contributed by atoms with Crippen LogP contribution in [0.25, 0.3) is 32.2 Å². The third kappa shape index (κ3) is 10.2. The largest absolute Gasteiger partial charge is 0.490 e. The Morgan fingerprint density at radius 3 is 2.47 bits per heavy atom. The number of rotatable bonds is 14. The summed E-state index contributed by atoms with van der Waals surface area (Å²) in [5.74, 6) is 0.412. The smallest absolute Gasteiger partial charge is 0.355 e. The summed E-state index contributed by atoms with van der Waals surface area (Å²) in [6.07, 6.45) is 8.31. The van der Waals surface area contributed by atoms with Gasteiger partial charge < -0.3 is 19.6 Å². The Bertz CT molecular complexity index is 3250. The molecule has 1 aliphatic carbocycles. The van der Waals surface area contributed by atoms with E-state index in [4.69, 9.17) is 14.8 Å². The van der Waals surface area contributed by atoms with Gasteiger partial charge in [0.15, 0.2) is 10.8 Å². The molecule has 4 aromatic carbocycles. The number of aromatic nitrogens is 4. The Balaban J connectivity index is 0.657. The zero-order valence-corrected chi connectivity index (χ0v) is 43.1. The summed E-state index contributed by atoms with van der Waals surface area (Å²) < 4.78 is 9.57. The average Bonchev–Trinajstić information content (AvgIpc) is 3.97. The molecule has 3 amide bonds. The van der Waals surface area contributed by atoms with Crippen LogP contribution >= 0.6 is 11.3 Å². The number of amides is 3. The number of carboxylic acids is 1. The number of hydrogen-bond acceptors (Lipinski definition) is 12. The van der Waals surface area contributed by atoms with Gasteiger partial charge in [-0.1, -0.05) is 61.1 Å². The normalized spacial score (nSPS) is 19.9. The quantitative estimate of drug-likeness (QED) is 0.0882. The van der Waals surface area contributed by atoms with E-state index in [1.54, 1.807) is 0 Å². The second kappa shape index (κ2) is 21.0. The number of nitrogens with zero attached hydrogens (tertiary/aromatic N) is 7. The summed E-state index contributed by atoms with van der Waals surface area (Å²) >= 11 is 1.44. The first-order chi connectivity index (χ1) is 35.9. The number of carboxylic acid groups (broad SMARTS) is 1. The van der Waals surface area contributed by atoms with Crippen LogP contribution in [0.3, 0.4) is 0 Å². The topological polar surface area (TPSA) is 175 Å². The maximum atomic E-state index is 13.7. The van der Waals surface area contributed by atoms with Gasteiger partial charge >= 0.3 is 5.97 Å². The first-order valence-corrected chi connectivity index (χ1v) is 27.0. The Morgan fingerprint density at radius 2 is 1.68 bits per heavy atom. The van der Waals surface area contributed by atoms with Gasteiger partial charge in [-0.25, -0.2) is 14.8 Å². The van der Waals surface area contributed by atoms with Gasteiger partial charge in [0.1, 0.15) is 11.6 Å². The van der Waals surface area contributed by atoms with Crippen molar-refractivity contribution in [2.75, 3.05) is 54.4 Å². The number of carbonyl (C=O) groups is 4. The number of imide groups is 1. The van der Waals surface area contributed by atoms with Crippen molar-refractivity contribution >= 4 is 72.8 Å². The Morgan fingerprint density at radius 1 is 0.865 bits per heavy atom. The second-order valence-electron chi connectivity index (χ2n) is 20.8. The third-order valence-electron chi connectivity index (χ3n) is 15.9. The number of piperidine rings is 1. The van der Waals surface area contributed by atoms with E-state index in [0.29, 0.717) is 66.3 Å². The van der Waals surface area contributed by atoms with E-state index in [-0.39, 0.29) is 29.5 Å². The molecule has 382 valence electrons. The highest BCUT2D eigenvalue weighted by molar-refractivity contribution is 7.22. The summed E-state index contributed by atoms with van der Waals surface area (Å²) in [5.41, 5.74) is 8.52. The molecule has 0 radical (unpaired) electrons. The molecule has 74 heavy (non-hydrogen) atoms. The molecule has 7 aromatic rings. The molecule has 3 aliphatic heterocycles. The lowest BCUT2D eigenvalue weighted by Gasteiger charge is -2.37. The summed E-state index contributed by atoms with van der Waals surface area (Å²) in [7, 11) is 1.92. The van der Waals surface area contributed by atoms with E-state index < -0.39 is 11.9 Å². The van der Waals surface area contributed by atoms with Crippen molar-refractivity contribution in [2.24, 2.45) is 18.9 Å². The van der Waals surface area contributed by atoms with Crippen LogP contribution in [0.2, 0.25) is 0 Å². The number of fused-ring (bicyclic) bond motifs is 3. The number of ether oxygens (including phenoxy) is 1. The fraction of sp³-hybridized carbons (Fsp3) is 0.397. The maximum absolute atomic E-state index is 13.7. The molecule has 4 aliphatic rings. The minimum atomic E-state index is -1.10. The number of anilines is 3. The van der Waals surface area contributed by atoms with Crippen molar-refractivity contribution in [3.05, 3.63) is 125 Å². The Labute approximate surface area is 434 Å². The van der Waals surface area contributed by atoms with Crippen LogP contribution in [0, 0.1) is 18.8 Å². The van der Waals surface area contributed by atoms with Crippen molar-refractivity contribution in [1.29, 1.82) is 0 Å². The molecule has 1 unspecified atom stereocenters. The number of carbonyl (C=O) groups excluding carboxylic acids is 3. The summed E-state index contributed by atoms with van der Waals surface area (Å²) in [6.45, 7) is 10.5. The number of thiazole rings is 1. The molecule has 0 bridgehead atoms. The highest BCUT2D eigenvalue weighted by Gasteiger charge is 2.33. The highest BCUT2D eigenvalue weighted by atomic mass is 32.1. The van der Waals surface area contributed by atoms with Crippen LogP contribution in [-0.4, -0.2) is 98.8 Å². The number of piperazine rings is 1. The van der Waals surface area contributed by atoms with Crippen molar-refractivity contribution in [1.82, 2.24) is 30.0 Å². The van der Waals surface area contributed by atoms with E-state index in [2.05, 4.69) is 61.5 Å². The minimum Gasteiger partial charge on any atom is -0.490 e. The molecule has 1 saturated carbocycles. The maximum Gasteiger partial charge on any atom is 0.355 e. The number of para-hydroxylation sites is 1. The van der Waals surface area contributed by atoms with Crippen LogP contribution in [0.15, 0.2) is 91.0 Å². The van der Waals surface area contributed by atoms with Gasteiger partial charge in [-0.3, -0.25) is 34.6 Å². The summed E-state index contributed by atoms with van der Waals surface area (Å²) in [4.78, 5) is 67.4. The van der Waals surface area contributed by atoms with Gasteiger partial charge in [-0.05, 0) is 141 Å². The lowest BCUT2D eigenvalue weighted by atomic mass is 9.83. The van der Waals surface area contributed by atoms with E-state index in [1.807, 2.05) is 85.4 Å². The van der Waals surface area contributed by atoms with E-state index in [1.165, 1.54) is 29.9 Å². The molecule has 11 rings (SSSR count). The zero-order valence-electron chi connectivity index (χ0n) is 42.3. The molecule has 15 nitrogen and oxygen atoms in total. The molecule has 6 heterocycles. The van der Waals surface area contributed by atoms with Crippen LogP contribution in [0.1, 0.15) is 107 Å². The molecule has 3 aromatic heterocycles. The van der Waals surface area contributed by atoms with Crippen LogP contribution < -0.4 is 25.2 Å². The van der Waals surface area contributed by atoms with Gasteiger partial charge in [-0.2, -0.15) is 5.10 Å². The van der Waals surface area contributed by atoms with Crippen molar-refractivity contribution in [2.45, 2.75) is 90.2 Å². The third-order valence-corrected chi connectivity index (χ3v) is 16.9. The van der Waals surface area contributed by atoms with Crippen LogP contribution in [0.4, 0.5) is 16.6 Å². The SMILES string of the molecule is Cc1c(O[C@H]2CC[C@H](CC[C@H](C)CN3CCN(c4ccc5c(C6CCC(=O)NC6=O)nn(C)c5c4)CC3)CC2)cccc1-c1ccc(N2CCc3cccc(C(=O)Nc4nc5ccccc5s4)c3C2)nc1C(=O)O. The Hall–Kier alpha value is -7.17. The van der Waals surface area contributed by atoms with E-state index in [9.17, 15) is 24.3 Å². The number of nitrogens with one attached hydrogen (secondary N) is 2. The Kier molecular flexibility index (Phi) is 13.9. The number of aryl methyl sites for hydroxylation is 1. The van der Waals surface area contributed by atoms with Crippen molar-refractivity contribution in [3.8, 4) is 16.9 Å².